The lowest BCUT2D eigenvalue weighted by Crippen LogP contribution is -2.18. The Hall–Kier alpha value is -1.84. The molecular weight excluding hydrogens is 334 g/mol. The van der Waals surface area contributed by atoms with Crippen molar-refractivity contribution in [1.29, 1.82) is 5.26 Å². The molecule has 6 heteroatoms. The lowest BCUT2D eigenvalue weighted by Gasteiger charge is -2.22. The number of nitrogens with zero attached hydrogens (tertiary/aromatic N) is 3. The molecular formula is C15H14BrN3O2. The molecule has 1 unspecified atom stereocenters. The molecule has 1 aromatic carbocycles. The first-order valence-corrected chi connectivity index (χ1v) is 7.59. The summed E-state index contributed by atoms with van der Waals surface area (Å²) in [4.78, 5) is 0. The molecule has 1 atom stereocenters. The predicted molar refractivity (Wildman–Crippen MR) is 80.0 cm³/mol. The third-order valence-electron chi connectivity index (χ3n) is 3.32. The topological polar surface area (TPSA) is 60.1 Å². The van der Waals surface area contributed by atoms with Gasteiger partial charge >= 0.3 is 0 Å². The average Bonchev–Trinajstić information content (AvgIpc) is 2.99. The lowest BCUT2D eigenvalue weighted by atomic mass is 10.2. The van der Waals surface area contributed by atoms with E-state index in [4.69, 9.17) is 14.7 Å². The summed E-state index contributed by atoms with van der Waals surface area (Å²) in [7, 11) is 0. The van der Waals surface area contributed by atoms with Gasteiger partial charge in [0.25, 0.3) is 0 Å². The first-order chi connectivity index (χ1) is 10.3. The van der Waals surface area contributed by atoms with E-state index in [2.05, 4.69) is 27.1 Å². The normalized spacial score (nSPS) is 18.2. The van der Waals surface area contributed by atoms with Gasteiger partial charge in [-0.05, 0) is 53.4 Å². The Bertz CT molecular complexity index is 672. The van der Waals surface area contributed by atoms with E-state index in [1.807, 2.05) is 6.20 Å². The monoisotopic (exact) mass is 347 g/mol. The summed E-state index contributed by atoms with van der Waals surface area (Å²) in [6, 6.07) is 7.29. The fraction of sp³-hybridized carbons (Fsp3) is 0.333. The highest BCUT2D eigenvalue weighted by Gasteiger charge is 2.17. The summed E-state index contributed by atoms with van der Waals surface area (Å²) < 4.78 is 14.0. The highest BCUT2D eigenvalue weighted by atomic mass is 79.9. The van der Waals surface area contributed by atoms with Crippen LogP contribution in [-0.2, 0) is 4.74 Å². The zero-order valence-electron chi connectivity index (χ0n) is 11.3. The van der Waals surface area contributed by atoms with E-state index in [9.17, 15) is 0 Å². The van der Waals surface area contributed by atoms with E-state index in [1.54, 1.807) is 29.1 Å². The fourth-order valence-corrected chi connectivity index (χ4v) is 2.70. The van der Waals surface area contributed by atoms with Crippen LogP contribution in [0.15, 0.2) is 35.1 Å². The van der Waals surface area contributed by atoms with E-state index in [0.717, 1.165) is 30.3 Å². The summed E-state index contributed by atoms with van der Waals surface area (Å²) in [6.07, 6.45) is 6.74. The van der Waals surface area contributed by atoms with Crippen molar-refractivity contribution in [2.45, 2.75) is 25.5 Å². The van der Waals surface area contributed by atoms with Crippen molar-refractivity contribution in [1.82, 2.24) is 9.78 Å². The van der Waals surface area contributed by atoms with Crippen molar-refractivity contribution in [3.05, 3.63) is 40.6 Å². The Morgan fingerprint density at radius 2 is 2.33 bits per heavy atom. The van der Waals surface area contributed by atoms with Gasteiger partial charge in [-0.1, -0.05) is 0 Å². The molecule has 0 saturated carbocycles. The van der Waals surface area contributed by atoms with Gasteiger partial charge in [0.1, 0.15) is 12.0 Å². The summed E-state index contributed by atoms with van der Waals surface area (Å²) >= 11 is 3.40. The lowest BCUT2D eigenvalue weighted by molar-refractivity contribution is -0.0395. The second-order valence-corrected chi connectivity index (χ2v) is 5.69. The molecule has 2 aromatic rings. The maximum Gasteiger partial charge on any atom is 0.165 e. The van der Waals surface area contributed by atoms with Crippen LogP contribution < -0.4 is 4.74 Å². The first kappa shape index (κ1) is 14.1. The average molecular weight is 348 g/mol. The molecule has 0 aliphatic carbocycles. The molecule has 3 rings (SSSR count). The van der Waals surface area contributed by atoms with Crippen LogP contribution in [0.4, 0.5) is 0 Å². The quantitative estimate of drug-likeness (QED) is 0.841. The van der Waals surface area contributed by atoms with Gasteiger partial charge in [0.2, 0.25) is 0 Å². The number of hydrogen-bond donors (Lipinski definition) is 0. The molecule has 0 radical (unpaired) electrons. The fourth-order valence-electron chi connectivity index (χ4n) is 2.24. The molecule has 1 saturated heterocycles. The van der Waals surface area contributed by atoms with E-state index in [1.165, 1.54) is 0 Å². The summed E-state index contributed by atoms with van der Waals surface area (Å²) in [6.45, 7) is 0.780. The minimum absolute atomic E-state index is 0.000468. The van der Waals surface area contributed by atoms with Crippen LogP contribution in [0.1, 0.15) is 31.1 Å². The Labute approximate surface area is 131 Å². The summed E-state index contributed by atoms with van der Waals surface area (Å²) in [5, 5.41) is 13.1. The maximum absolute atomic E-state index is 8.85. The van der Waals surface area contributed by atoms with E-state index in [0.29, 0.717) is 17.1 Å². The molecule has 1 aliphatic rings. The van der Waals surface area contributed by atoms with Crippen LogP contribution in [0.5, 0.6) is 11.5 Å². The second-order valence-electron chi connectivity index (χ2n) is 4.84. The van der Waals surface area contributed by atoms with Gasteiger partial charge in [-0.25, -0.2) is 4.68 Å². The number of ether oxygens (including phenoxy) is 2. The number of benzene rings is 1. The molecule has 0 N–H and O–H groups in total. The second kappa shape index (κ2) is 6.29. The zero-order chi connectivity index (χ0) is 14.7. The minimum Gasteiger partial charge on any atom is -0.453 e. The van der Waals surface area contributed by atoms with Gasteiger partial charge in [0.05, 0.1) is 28.5 Å². The maximum atomic E-state index is 8.85. The highest BCUT2D eigenvalue weighted by molar-refractivity contribution is 9.10. The molecule has 108 valence electrons. The molecule has 0 spiro atoms. The van der Waals surface area contributed by atoms with Gasteiger partial charge in [-0.2, -0.15) is 10.4 Å². The number of hydrogen-bond acceptors (Lipinski definition) is 4. The Balaban J connectivity index is 1.73. The van der Waals surface area contributed by atoms with E-state index in [-0.39, 0.29) is 6.23 Å². The van der Waals surface area contributed by atoms with Crippen LogP contribution >= 0.6 is 15.9 Å². The van der Waals surface area contributed by atoms with Crippen molar-refractivity contribution in [3.63, 3.8) is 0 Å². The molecule has 0 bridgehead atoms. The van der Waals surface area contributed by atoms with Crippen molar-refractivity contribution in [2.24, 2.45) is 0 Å². The molecule has 2 heterocycles. The molecule has 0 amide bonds. The van der Waals surface area contributed by atoms with E-state index >= 15 is 0 Å². The number of rotatable bonds is 3. The molecule has 5 nitrogen and oxygen atoms in total. The molecule has 1 fully saturated rings. The van der Waals surface area contributed by atoms with Crippen molar-refractivity contribution in [2.75, 3.05) is 6.61 Å². The van der Waals surface area contributed by atoms with Gasteiger partial charge < -0.3 is 9.47 Å². The summed E-state index contributed by atoms with van der Waals surface area (Å²) in [5.74, 6) is 1.30. The van der Waals surface area contributed by atoms with Crippen LogP contribution in [0, 0.1) is 11.3 Å². The van der Waals surface area contributed by atoms with Gasteiger partial charge in [0.15, 0.2) is 5.75 Å². The number of halogens is 1. The number of aromatic nitrogens is 2. The van der Waals surface area contributed by atoms with Gasteiger partial charge in [-0.15, -0.1) is 0 Å². The SMILES string of the molecule is N#Cc1ccc(Oc2cnn(C3CCCCO3)c2)c(Br)c1. The largest absolute Gasteiger partial charge is 0.453 e. The standard InChI is InChI=1S/C15H14BrN3O2/c16-13-7-11(8-17)4-5-14(13)21-12-9-18-19(10-12)15-3-1-2-6-20-15/h4-5,7,9-10,15H,1-3,6H2. The van der Waals surface area contributed by atoms with Crippen LogP contribution in [0.25, 0.3) is 0 Å². The molecule has 1 aliphatic heterocycles. The zero-order valence-corrected chi connectivity index (χ0v) is 12.9. The Morgan fingerprint density at radius 3 is 3.05 bits per heavy atom. The summed E-state index contributed by atoms with van der Waals surface area (Å²) in [5.41, 5.74) is 0.584. The van der Waals surface area contributed by atoms with Crippen molar-refractivity contribution >= 4 is 15.9 Å². The van der Waals surface area contributed by atoms with Crippen molar-refractivity contribution < 1.29 is 9.47 Å². The number of nitriles is 1. The highest BCUT2D eigenvalue weighted by Crippen LogP contribution is 2.31. The van der Waals surface area contributed by atoms with Crippen LogP contribution in [-0.4, -0.2) is 16.4 Å². The van der Waals surface area contributed by atoms with E-state index < -0.39 is 0 Å². The van der Waals surface area contributed by atoms with Crippen LogP contribution in [0.3, 0.4) is 0 Å². The molecule has 1 aromatic heterocycles. The van der Waals surface area contributed by atoms with Crippen molar-refractivity contribution in [3.8, 4) is 17.6 Å². The third-order valence-corrected chi connectivity index (χ3v) is 3.94. The predicted octanol–water partition coefficient (Wildman–Crippen LogP) is 4.01. The van der Waals surface area contributed by atoms with Crippen LogP contribution in [0.2, 0.25) is 0 Å². The Kier molecular flexibility index (Phi) is 4.23. The third kappa shape index (κ3) is 3.26. The Morgan fingerprint density at radius 1 is 1.43 bits per heavy atom. The smallest absolute Gasteiger partial charge is 0.165 e. The molecule has 21 heavy (non-hydrogen) atoms. The van der Waals surface area contributed by atoms with Gasteiger partial charge in [-0.3, -0.25) is 0 Å². The van der Waals surface area contributed by atoms with Gasteiger partial charge in [0, 0.05) is 6.61 Å². The first-order valence-electron chi connectivity index (χ1n) is 6.79. The minimum atomic E-state index is 0.000468.